The third-order valence-corrected chi connectivity index (χ3v) is 3.63. The maximum absolute atomic E-state index is 13.4. The lowest BCUT2D eigenvalue weighted by atomic mass is 10.1. The number of primary amides is 1. The van der Waals surface area contributed by atoms with Gasteiger partial charge in [0.25, 0.3) is 11.8 Å². The van der Waals surface area contributed by atoms with Crippen molar-refractivity contribution in [3.8, 4) is 0 Å². The summed E-state index contributed by atoms with van der Waals surface area (Å²) in [5.41, 5.74) is 6.97. The van der Waals surface area contributed by atoms with Crippen LogP contribution in [0.15, 0.2) is 48.5 Å². The van der Waals surface area contributed by atoms with Crippen molar-refractivity contribution in [2.24, 2.45) is 5.73 Å². The number of rotatable bonds is 2. The minimum absolute atomic E-state index is 0.208. The average molecular weight is 296 g/mol. The van der Waals surface area contributed by atoms with E-state index in [1.165, 1.54) is 28.8 Å². The summed E-state index contributed by atoms with van der Waals surface area (Å²) in [6.07, 6.45) is 0. The number of hydrogen-bond donors (Lipinski definition) is 1. The van der Waals surface area contributed by atoms with E-state index in [-0.39, 0.29) is 5.56 Å². The molecular formula is C17H13FN2O2. The largest absolute Gasteiger partial charge is 0.366 e. The molecular weight excluding hydrogens is 283 g/mol. The van der Waals surface area contributed by atoms with E-state index in [2.05, 4.69) is 0 Å². The molecule has 110 valence electrons. The third kappa shape index (κ3) is 2.07. The number of nitrogens with zero attached hydrogens (tertiary/aromatic N) is 1. The number of halogens is 1. The first-order valence-corrected chi connectivity index (χ1v) is 6.71. The number of aromatic nitrogens is 1. The molecule has 1 amide bonds. The molecule has 0 aliphatic rings. The predicted molar refractivity (Wildman–Crippen MR) is 81.3 cm³/mol. The maximum Gasteiger partial charge on any atom is 0.262 e. The number of nitrogens with two attached hydrogens (primary N) is 1. The molecule has 3 aromatic rings. The summed E-state index contributed by atoms with van der Waals surface area (Å²) in [4.78, 5) is 24.4. The van der Waals surface area contributed by atoms with Gasteiger partial charge in [0.1, 0.15) is 5.82 Å². The molecule has 5 heteroatoms. The van der Waals surface area contributed by atoms with Gasteiger partial charge in [-0.15, -0.1) is 0 Å². The number of carbonyl (C=O) groups excluding carboxylic acids is 2. The molecule has 2 aromatic carbocycles. The van der Waals surface area contributed by atoms with E-state index in [1.807, 2.05) is 0 Å². The van der Waals surface area contributed by atoms with E-state index >= 15 is 0 Å². The number of fused-ring (bicyclic) bond motifs is 1. The predicted octanol–water partition coefficient (Wildman–Crippen LogP) is 2.88. The summed E-state index contributed by atoms with van der Waals surface area (Å²) in [7, 11) is 0. The van der Waals surface area contributed by atoms with Crippen LogP contribution in [0.1, 0.15) is 26.4 Å². The topological polar surface area (TPSA) is 65.1 Å². The van der Waals surface area contributed by atoms with Crippen molar-refractivity contribution >= 4 is 22.7 Å². The number of carbonyl (C=O) groups is 2. The first kappa shape index (κ1) is 14.0. The van der Waals surface area contributed by atoms with Crippen LogP contribution in [0, 0.1) is 12.7 Å². The highest BCUT2D eigenvalue weighted by Crippen LogP contribution is 2.26. The first-order chi connectivity index (χ1) is 10.5. The molecule has 0 spiro atoms. The molecule has 1 heterocycles. The van der Waals surface area contributed by atoms with Crippen molar-refractivity contribution < 1.29 is 14.0 Å². The van der Waals surface area contributed by atoms with Gasteiger partial charge in [-0.2, -0.15) is 0 Å². The highest BCUT2D eigenvalue weighted by Gasteiger charge is 2.22. The Labute approximate surface area is 126 Å². The Hall–Kier alpha value is -2.95. The minimum atomic E-state index is -0.598. The van der Waals surface area contributed by atoms with Crippen LogP contribution in [0.2, 0.25) is 0 Å². The molecule has 0 unspecified atom stereocenters. The van der Waals surface area contributed by atoms with Crippen LogP contribution in [-0.4, -0.2) is 16.4 Å². The lowest BCUT2D eigenvalue weighted by molar-refractivity contribution is 0.0962. The Morgan fingerprint density at radius 2 is 1.82 bits per heavy atom. The van der Waals surface area contributed by atoms with E-state index < -0.39 is 17.6 Å². The summed E-state index contributed by atoms with van der Waals surface area (Å²) in [5, 5.41) is 0.609. The molecule has 0 saturated heterocycles. The van der Waals surface area contributed by atoms with Crippen LogP contribution in [0.5, 0.6) is 0 Å². The Bertz CT molecular complexity index is 912. The van der Waals surface area contributed by atoms with E-state index in [1.54, 1.807) is 31.2 Å². The fourth-order valence-electron chi connectivity index (χ4n) is 2.69. The highest BCUT2D eigenvalue weighted by atomic mass is 19.1. The van der Waals surface area contributed by atoms with Crippen molar-refractivity contribution in [1.82, 2.24) is 4.57 Å². The van der Waals surface area contributed by atoms with Crippen LogP contribution in [-0.2, 0) is 0 Å². The zero-order chi connectivity index (χ0) is 15.9. The van der Waals surface area contributed by atoms with Gasteiger partial charge in [-0.1, -0.05) is 24.3 Å². The standard InChI is InChI=1S/C17H13FN2O2/c1-10-15(16(19)21)13-7-2-3-8-14(13)20(10)17(22)11-5-4-6-12(18)9-11/h2-9H,1H3,(H2,19,21). The number of benzene rings is 2. The molecule has 22 heavy (non-hydrogen) atoms. The first-order valence-electron chi connectivity index (χ1n) is 6.71. The Kier molecular flexibility index (Phi) is 3.25. The molecule has 0 bridgehead atoms. The maximum atomic E-state index is 13.4. The van der Waals surface area contributed by atoms with Gasteiger partial charge in [0.15, 0.2) is 0 Å². The van der Waals surface area contributed by atoms with E-state index in [0.29, 0.717) is 22.2 Å². The van der Waals surface area contributed by atoms with Crippen molar-refractivity contribution in [3.05, 3.63) is 71.2 Å². The monoisotopic (exact) mass is 296 g/mol. The second-order valence-electron chi connectivity index (χ2n) is 4.99. The normalized spacial score (nSPS) is 10.8. The van der Waals surface area contributed by atoms with Crippen molar-refractivity contribution in [2.75, 3.05) is 0 Å². The molecule has 0 fully saturated rings. The molecule has 0 radical (unpaired) electrons. The van der Waals surface area contributed by atoms with Gasteiger partial charge in [0.05, 0.1) is 11.1 Å². The Balaban J connectivity index is 2.29. The third-order valence-electron chi connectivity index (χ3n) is 3.63. The Morgan fingerprint density at radius 1 is 1.09 bits per heavy atom. The number of hydrogen-bond acceptors (Lipinski definition) is 2. The highest BCUT2D eigenvalue weighted by molar-refractivity contribution is 6.12. The van der Waals surface area contributed by atoms with Crippen LogP contribution in [0.3, 0.4) is 0 Å². The van der Waals surface area contributed by atoms with Gasteiger partial charge in [-0.05, 0) is 31.2 Å². The molecule has 1 aromatic heterocycles. The second kappa shape index (κ2) is 5.11. The van der Waals surface area contributed by atoms with Crippen molar-refractivity contribution in [3.63, 3.8) is 0 Å². The molecule has 3 rings (SSSR count). The van der Waals surface area contributed by atoms with Gasteiger partial charge in [0.2, 0.25) is 0 Å². The van der Waals surface area contributed by atoms with Gasteiger partial charge in [-0.25, -0.2) is 4.39 Å². The van der Waals surface area contributed by atoms with E-state index in [4.69, 9.17) is 5.73 Å². The fraction of sp³-hybridized carbons (Fsp3) is 0.0588. The van der Waals surface area contributed by atoms with E-state index in [0.717, 1.165) is 0 Å². The van der Waals surface area contributed by atoms with Crippen LogP contribution in [0.25, 0.3) is 10.9 Å². The second-order valence-corrected chi connectivity index (χ2v) is 4.99. The fourth-order valence-corrected chi connectivity index (χ4v) is 2.69. The van der Waals surface area contributed by atoms with Crippen LogP contribution >= 0.6 is 0 Å². The molecule has 2 N–H and O–H groups in total. The SMILES string of the molecule is Cc1c(C(N)=O)c2ccccc2n1C(=O)c1cccc(F)c1. The van der Waals surface area contributed by atoms with Crippen molar-refractivity contribution in [1.29, 1.82) is 0 Å². The van der Waals surface area contributed by atoms with Crippen LogP contribution < -0.4 is 5.73 Å². The molecule has 4 nitrogen and oxygen atoms in total. The average Bonchev–Trinajstić information content (AvgIpc) is 2.78. The Morgan fingerprint density at radius 3 is 2.50 bits per heavy atom. The molecule has 0 atom stereocenters. The summed E-state index contributed by atoms with van der Waals surface area (Å²) in [6, 6.07) is 12.4. The van der Waals surface area contributed by atoms with Gasteiger partial charge in [-0.3, -0.25) is 14.2 Å². The number of para-hydroxylation sites is 1. The summed E-state index contributed by atoms with van der Waals surface area (Å²) in [6.45, 7) is 1.65. The zero-order valence-electron chi connectivity index (χ0n) is 11.8. The van der Waals surface area contributed by atoms with Gasteiger partial charge < -0.3 is 5.73 Å². The van der Waals surface area contributed by atoms with Crippen LogP contribution in [0.4, 0.5) is 4.39 Å². The minimum Gasteiger partial charge on any atom is -0.366 e. The summed E-state index contributed by atoms with van der Waals surface area (Å²) in [5.74, 6) is -1.49. The quantitative estimate of drug-likeness (QED) is 0.790. The lowest BCUT2D eigenvalue weighted by Gasteiger charge is -2.07. The molecule has 0 saturated carbocycles. The van der Waals surface area contributed by atoms with Crippen molar-refractivity contribution in [2.45, 2.75) is 6.92 Å². The summed E-state index contributed by atoms with van der Waals surface area (Å²) >= 11 is 0. The molecule has 0 aliphatic heterocycles. The lowest BCUT2D eigenvalue weighted by Crippen LogP contribution is -2.16. The smallest absolute Gasteiger partial charge is 0.262 e. The number of amides is 1. The van der Waals surface area contributed by atoms with E-state index in [9.17, 15) is 14.0 Å². The summed E-state index contributed by atoms with van der Waals surface area (Å²) < 4.78 is 14.7. The molecule has 0 aliphatic carbocycles. The zero-order valence-corrected chi connectivity index (χ0v) is 11.8. The van der Waals surface area contributed by atoms with Gasteiger partial charge in [0, 0.05) is 16.6 Å². The van der Waals surface area contributed by atoms with Gasteiger partial charge >= 0.3 is 0 Å².